The van der Waals surface area contributed by atoms with Gasteiger partial charge in [0.2, 0.25) is 0 Å². The van der Waals surface area contributed by atoms with Crippen molar-refractivity contribution in [1.29, 1.82) is 0 Å². The third-order valence-corrected chi connectivity index (χ3v) is 4.20. The lowest BCUT2D eigenvalue weighted by Gasteiger charge is -2.24. The molecule has 3 rings (SSSR count). The molecule has 3 heterocycles. The largest absolute Gasteiger partial charge is 0.369 e. The van der Waals surface area contributed by atoms with Crippen LogP contribution in [-0.2, 0) is 0 Å². The highest BCUT2D eigenvalue weighted by Gasteiger charge is 2.29. The van der Waals surface area contributed by atoms with Gasteiger partial charge in [-0.2, -0.15) is 0 Å². The SMILES string of the molecule is Clc1cnccc1N1CCC(N2CCCC2)C1. The van der Waals surface area contributed by atoms with Gasteiger partial charge in [-0.15, -0.1) is 0 Å². The molecule has 3 nitrogen and oxygen atoms in total. The van der Waals surface area contributed by atoms with Gasteiger partial charge in [0.25, 0.3) is 0 Å². The summed E-state index contributed by atoms with van der Waals surface area (Å²) >= 11 is 6.19. The number of hydrogen-bond donors (Lipinski definition) is 0. The van der Waals surface area contributed by atoms with E-state index in [9.17, 15) is 0 Å². The number of pyridine rings is 1. The fourth-order valence-electron chi connectivity index (χ4n) is 2.99. The van der Waals surface area contributed by atoms with Crippen LogP contribution in [0.3, 0.4) is 0 Å². The molecule has 4 heteroatoms. The fourth-order valence-corrected chi connectivity index (χ4v) is 3.23. The van der Waals surface area contributed by atoms with Crippen molar-refractivity contribution in [2.75, 3.05) is 31.1 Å². The molecule has 17 heavy (non-hydrogen) atoms. The smallest absolute Gasteiger partial charge is 0.0822 e. The molecule has 2 aliphatic rings. The summed E-state index contributed by atoms with van der Waals surface area (Å²) in [6.45, 7) is 4.79. The van der Waals surface area contributed by atoms with E-state index in [2.05, 4.69) is 14.8 Å². The second-order valence-electron chi connectivity index (χ2n) is 4.96. The molecule has 0 aromatic carbocycles. The number of nitrogens with zero attached hydrogens (tertiary/aromatic N) is 3. The van der Waals surface area contributed by atoms with Gasteiger partial charge in [-0.1, -0.05) is 11.6 Å². The van der Waals surface area contributed by atoms with E-state index in [1.807, 2.05) is 12.3 Å². The first kappa shape index (κ1) is 11.3. The average Bonchev–Trinajstić information content (AvgIpc) is 3.00. The molecule has 2 aliphatic heterocycles. The first-order chi connectivity index (χ1) is 8.34. The topological polar surface area (TPSA) is 19.4 Å². The number of rotatable bonds is 2. The third kappa shape index (κ3) is 2.26. The molecule has 0 amide bonds. The zero-order chi connectivity index (χ0) is 11.7. The van der Waals surface area contributed by atoms with Crippen molar-refractivity contribution < 1.29 is 0 Å². The van der Waals surface area contributed by atoms with Gasteiger partial charge in [-0.25, -0.2) is 0 Å². The molecule has 1 aromatic heterocycles. The van der Waals surface area contributed by atoms with E-state index in [0.717, 1.165) is 29.8 Å². The van der Waals surface area contributed by atoms with Crippen LogP contribution in [0.5, 0.6) is 0 Å². The minimum absolute atomic E-state index is 0.724. The predicted molar refractivity (Wildman–Crippen MR) is 70.7 cm³/mol. The quantitative estimate of drug-likeness (QED) is 0.805. The van der Waals surface area contributed by atoms with Crippen LogP contribution in [0.2, 0.25) is 5.02 Å². The van der Waals surface area contributed by atoms with Crippen molar-refractivity contribution >= 4 is 17.3 Å². The van der Waals surface area contributed by atoms with E-state index in [1.54, 1.807) is 6.20 Å². The fraction of sp³-hybridized carbons (Fsp3) is 0.615. The summed E-state index contributed by atoms with van der Waals surface area (Å²) in [6.07, 6.45) is 7.56. The Morgan fingerprint density at radius 1 is 1.24 bits per heavy atom. The molecule has 0 spiro atoms. The van der Waals surface area contributed by atoms with Crippen LogP contribution in [0, 0.1) is 0 Å². The molecule has 1 aromatic rings. The molecule has 1 atom stereocenters. The molecule has 1 unspecified atom stereocenters. The maximum atomic E-state index is 6.19. The second kappa shape index (κ2) is 4.83. The Morgan fingerprint density at radius 3 is 2.82 bits per heavy atom. The van der Waals surface area contributed by atoms with Crippen molar-refractivity contribution in [3.8, 4) is 0 Å². The summed E-state index contributed by atoms with van der Waals surface area (Å²) < 4.78 is 0. The van der Waals surface area contributed by atoms with Crippen molar-refractivity contribution in [1.82, 2.24) is 9.88 Å². The summed E-state index contributed by atoms with van der Waals surface area (Å²) in [5.74, 6) is 0. The number of likely N-dealkylation sites (tertiary alicyclic amines) is 1. The highest BCUT2D eigenvalue weighted by Crippen LogP contribution is 2.29. The van der Waals surface area contributed by atoms with E-state index in [1.165, 1.54) is 32.4 Å². The molecular weight excluding hydrogens is 234 g/mol. The van der Waals surface area contributed by atoms with E-state index in [4.69, 9.17) is 11.6 Å². The molecule has 0 saturated carbocycles. The second-order valence-corrected chi connectivity index (χ2v) is 5.37. The van der Waals surface area contributed by atoms with Gasteiger partial charge in [0.15, 0.2) is 0 Å². The lowest BCUT2D eigenvalue weighted by Crippen LogP contribution is -2.35. The van der Waals surface area contributed by atoms with Crippen LogP contribution in [-0.4, -0.2) is 42.1 Å². The highest BCUT2D eigenvalue weighted by atomic mass is 35.5. The highest BCUT2D eigenvalue weighted by molar-refractivity contribution is 6.33. The van der Waals surface area contributed by atoms with Gasteiger partial charge >= 0.3 is 0 Å². The number of halogens is 1. The van der Waals surface area contributed by atoms with Crippen LogP contribution in [0.1, 0.15) is 19.3 Å². The molecular formula is C13H18ClN3. The van der Waals surface area contributed by atoms with Gasteiger partial charge in [-0.05, 0) is 38.4 Å². The predicted octanol–water partition coefficient (Wildman–Crippen LogP) is 2.41. The average molecular weight is 252 g/mol. The van der Waals surface area contributed by atoms with Crippen molar-refractivity contribution in [3.05, 3.63) is 23.5 Å². The molecule has 0 bridgehead atoms. The molecule has 2 fully saturated rings. The lowest BCUT2D eigenvalue weighted by molar-refractivity contribution is 0.260. The molecule has 2 saturated heterocycles. The summed E-state index contributed by atoms with van der Waals surface area (Å²) in [5, 5.41) is 0.773. The molecule has 0 N–H and O–H groups in total. The Hall–Kier alpha value is -0.800. The number of hydrogen-bond acceptors (Lipinski definition) is 3. The summed E-state index contributed by atoms with van der Waals surface area (Å²) in [7, 11) is 0. The Morgan fingerprint density at radius 2 is 2.06 bits per heavy atom. The van der Waals surface area contributed by atoms with Crippen LogP contribution in [0.25, 0.3) is 0 Å². The van der Waals surface area contributed by atoms with Crippen molar-refractivity contribution in [3.63, 3.8) is 0 Å². The van der Waals surface area contributed by atoms with Gasteiger partial charge < -0.3 is 4.90 Å². The number of anilines is 1. The van der Waals surface area contributed by atoms with Crippen LogP contribution in [0.15, 0.2) is 18.5 Å². The normalized spacial score (nSPS) is 25.7. The first-order valence-corrected chi connectivity index (χ1v) is 6.81. The molecule has 0 radical (unpaired) electrons. The monoisotopic (exact) mass is 251 g/mol. The van der Waals surface area contributed by atoms with Gasteiger partial charge in [-0.3, -0.25) is 9.88 Å². The Balaban J connectivity index is 1.69. The van der Waals surface area contributed by atoms with E-state index < -0.39 is 0 Å². The van der Waals surface area contributed by atoms with Crippen LogP contribution >= 0.6 is 11.6 Å². The summed E-state index contributed by atoms with van der Waals surface area (Å²) in [6, 6.07) is 2.75. The maximum Gasteiger partial charge on any atom is 0.0822 e. The van der Waals surface area contributed by atoms with E-state index in [-0.39, 0.29) is 0 Å². The minimum Gasteiger partial charge on any atom is -0.369 e. The lowest BCUT2D eigenvalue weighted by atomic mass is 10.2. The Bertz CT molecular complexity index is 390. The zero-order valence-corrected chi connectivity index (χ0v) is 10.7. The van der Waals surface area contributed by atoms with E-state index >= 15 is 0 Å². The van der Waals surface area contributed by atoms with E-state index in [0.29, 0.717) is 0 Å². The maximum absolute atomic E-state index is 6.19. The summed E-state index contributed by atoms with van der Waals surface area (Å²) in [5.41, 5.74) is 1.14. The van der Waals surface area contributed by atoms with Gasteiger partial charge in [0, 0.05) is 31.5 Å². The zero-order valence-electron chi connectivity index (χ0n) is 9.98. The van der Waals surface area contributed by atoms with Gasteiger partial charge in [0.05, 0.1) is 10.7 Å². The van der Waals surface area contributed by atoms with Crippen molar-refractivity contribution in [2.24, 2.45) is 0 Å². The van der Waals surface area contributed by atoms with Gasteiger partial charge in [0.1, 0.15) is 0 Å². The minimum atomic E-state index is 0.724. The molecule has 0 aliphatic carbocycles. The van der Waals surface area contributed by atoms with Crippen LogP contribution < -0.4 is 4.90 Å². The standard InChI is InChI=1S/C13H18ClN3/c14-12-9-15-5-3-13(12)17-8-4-11(10-17)16-6-1-2-7-16/h3,5,9,11H,1-2,4,6-8,10H2. The van der Waals surface area contributed by atoms with Crippen molar-refractivity contribution in [2.45, 2.75) is 25.3 Å². The number of aromatic nitrogens is 1. The first-order valence-electron chi connectivity index (χ1n) is 6.43. The Labute approximate surface area is 107 Å². The Kier molecular flexibility index (Phi) is 3.21. The molecule has 92 valence electrons. The van der Waals surface area contributed by atoms with Crippen LogP contribution in [0.4, 0.5) is 5.69 Å². The third-order valence-electron chi connectivity index (χ3n) is 3.91. The summed E-state index contributed by atoms with van der Waals surface area (Å²) in [4.78, 5) is 9.07.